The lowest BCUT2D eigenvalue weighted by molar-refractivity contribution is 0.192. The van der Waals surface area contributed by atoms with Crippen LogP contribution in [0, 0.1) is 5.82 Å². The topological polar surface area (TPSA) is 58.3 Å². The first-order chi connectivity index (χ1) is 12.0. The van der Waals surface area contributed by atoms with E-state index in [1.54, 1.807) is 19.3 Å². The van der Waals surface area contributed by atoms with Crippen LogP contribution in [0.15, 0.2) is 48.8 Å². The van der Waals surface area contributed by atoms with Crippen LogP contribution >= 0.6 is 0 Å². The Balaban J connectivity index is 2.20. The molecule has 0 bridgehead atoms. The molecule has 1 unspecified atom stereocenters. The maximum absolute atomic E-state index is 13.5. The number of rotatable bonds is 8. The van der Waals surface area contributed by atoms with E-state index >= 15 is 0 Å². The number of phenolic OH excluding ortho intramolecular Hbond substituents is 1. The molecule has 0 saturated heterocycles. The number of aliphatic hydroxyl groups is 1. The van der Waals surface area contributed by atoms with Gasteiger partial charge < -0.3 is 14.8 Å². The lowest BCUT2D eigenvalue weighted by Crippen LogP contribution is -2.12. The summed E-state index contributed by atoms with van der Waals surface area (Å²) in [7, 11) is 0. The van der Waals surface area contributed by atoms with Crippen LogP contribution in [-0.4, -0.2) is 25.9 Å². The quantitative estimate of drug-likeness (QED) is 0.717. The predicted octanol–water partition coefficient (Wildman–Crippen LogP) is 3.76. The minimum absolute atomic E-state index is 0.357. The molecule has 0 saturated carbocycles. The number of phenols is 1. The van der Waals surface area contributed by atoms with Crippen molar-refractivity contribution in [2.45, 2.75) is 45.8 Å². The Morgan fingerprint density at radius 2 is 2.04 bits per heavy atom. The molecule has 0 amide bonds. The van der Waals surface area contributed by atoms with Crippen molar-refractivity contribution in [3.8, 4) is 5.75 Å². The molecule has 0 fully saturated rings. The number of allylic oxidation sites excluding steroid dienone is 4. The molecule has 0 radical (unpaired) electrons. The zero-order valence-electron chi connectivity index (χ0n) is 14.7. The van der Waals surface area contributed by atoms with E-state index in [-0.39, 0.29) is 5.75 Å². The van der Waals surface area contributed by atoms with Crippen molar-refractivity contribution in [3.63, 3.8) is 0 Å². The Hall–Kier alpha value is -2.40. The summed E-state index contributed by atoms with van der Waals surface area (Å²) in [6.45, 7) is 4.26. The minimum atomic E-state index is -0.638. The van der Waals surface area contributed by atoms with Crippen LogP contribution in [0.4, 0.5) is 4.39 Å². The van der Waals surface area contributed by atoms with E-state index in [0.29, 0.717) is 19.4 Å². The van der Waals surface area contributed by atoms with E-state index < -0.39 is 11.9 Å². The van der Waals surface area contributed by atoms with Crippen LogP contribution < -0.4 is 0 Å². The van der Waals surface area contributed by atoms with Crippen molar-refractivity contribution in [2.24, 2.45) is 0 Å². The Bertz CT molecular complexity index is 748. The summed E-state index contributed by atoms with van der Waals surface area (Å²) in [5, 5.41) is 19.1. The fourth-order valence-corrected chi connectivity index (χ4v) is 2.59. The standard InChI is InChI=1S/C20H25FN2O2/c1-3-4-5-6-7-8-18-19(11-15(2)24)23(14-22-18)13-16-9-10-20(25)17(21)12-16/h4-7,9-10,12,14-15,24-25H,3,8,11,13H2,1-2H3/b5-4-,7-6-. The van der Waals surface area contributed by atoms with Gasteiger partial charge >= 0.3 is 0 Å². The molecule has 0 spiro atoms. The molecule has 4 nitrogen and oxygen atoms in total. The number of hydrogen-bond donors (Lipinski definition) is 2. The van der Waals surface area contributed by atoms with Crippen LogP contribution in [0.25, 0.3) is 0 Å². The number of nitrogens with zero attached hydrogens (tertiary/aromatic N) is 2. The van der Waals surface area contributed by atoms with Crippen molar-refractivity contribution in [2.75, 3.05) is 0 Å². The summed E-state index contributed by atoms with van der Waals surface area (Å²) in [5.74, 6) is -0.995. The number of aliphatic hydroxyl groups excluding tert-OH is 1. The first kappa shape index (κ1) is 18.9. The summed E-state index contributed by atoms with van der Waals surface area (Å²) < 4.78 is 15.5. The summed E-state index contributed by atoms with van der Waals surface area (Å²) in [5.41, 5.74) is 2.57. The van der Waals surface area contributed by atoms with Crippen LogP contribution in [0.1, 0.15) is 37.2 Å². The number of hydrogen-bond acceptors (Lipinski definition) is 3. The van der Waals surface area contributed by atoms with Crippen molar-refractivity contribution in [1.29, 1.82) is 0 Å². The van der Waals surface area contributed by atoms with Gasteiger partial charge in [-0.3, -0.25) is 0 Å². The molecular formula is C20H25FN2O2. The van der Waals surface area contributed by atoms with Crippen LogP contribution in [0.2, 0.25) is 0 Å². The van der Waals surface area contributed by atoms with Gasteiger partial charge in [0.05, 0.1) is 18.1 Å². The van der Waals surface area contributed by atoms with Gasteiger partial charge in [0.1, 0.15) is 0 Å². The summed E-state index contributed by atoms with van der Waals surface area (Å²) in [6.07, 6.45) is 11.5. The van der Waals surface area contributed by atoms with Crippen molar-refractivity contribution < 1.29 is 14.6 Å². The first-order valence-corrected chi connectivity index (χ1v) is 8.51. The third-order valence-corrected chi connectivity index (χ3v) is 3.82. The molecule has 134 valence electrons. The zero-order valence-corrected chi connectivity index (χ0v) is 14.7. The van der Waals surface area contributed by atoms with Crippen LogP contribution in [0.5, 0.6) is 5.75 Å². The number of aromatic hydroxyl groups is 1. The highest BCUT2D eigenvalue weighted by Gasteiger charge is 2.13. The smallest absolute Gasteiger partial charge is 0.165 e. The SMILES string of the molecule is CC/C=C\C=C/Cc1ncn(Cc2ccc(O)c(F)c2)c1CC(C)O. The average Bonchev–Trinajstić information content (AvgIpc) is 2.92. The first-order valence-electron chi connectivity index (χ1n) is 8.51. The van der Waals surface area contributed by atoms with E-state index in [4.69, 9.17) is 0 Å². The predicted molar refractivity (Wildman–Crippen MR) is 97.1 cm³/mol. The fraction of sp³-hybridized carbons (Fsp3) is 0.350. The van der Waals surface area contributed by atoms with Gasteiger partial charge in [0.25, 0.3) is 0 Å². The normalized spacial score (nSPS) is 13.1. The highest BCUT2D eigenvalue weighted by molar-refractivity contribution is 5.29. The van der Waals surface area contributed by atoms with Crippen LogP contribution in [-0.2, 0) is 19.4 Å². The molecular weight excluding hydrogens is 319 g/mol. The Labute approximate surface area is 148 Å². The Morgan fingerprint density at radius 1 is 1.28 bits per heavy atom. The second-order valence-electron chi connectivity index (χ2n) is 6.07. The van der Waals surface area contributed by atoms with E-state index in [0.717, 1.165) is 23.4 Å². The van der Waals surface area contributed by atoms with Crippen molar-refractivity contribution >= 4 is 0 Å². The lowest BCUT2D eigenvalue weighted by atomic mass is 10.1. The Morgan fingerprint density at radius 3 is 2.72 bits per heavy atom. The molecule has 0 aliphatic carbocycles. The van der Waals surface area contributed by atoms with E-state index in [1.165, 1.54) is 12.1 Å². The summed E-state index contributed by atoms with van der Waals surface area (Å²) in [4.78, 5) is 4.46. The molecule has 25 heavy (non-hydrogen) atoms. The third kappa shape index (κ3) is 5.57. The second kappa shape index (κ2) is 9.18. The monoisotopic (exact) mass is 344 g/mol. The molecule has 5 heteroatoms. The van der Waals surface area contributed by atoms with Gasteiger partial charge in [-0.25, -0.2) is 9.37 Å². The summed E-state index contributed by atoms with van der Waals surface area (Å²) >= 11 is 0. The van der Waals surface area contributed by atoms with E-state index in [2.05, 4.69) is 18.0 Å². The molecule has 2 rings (SSSR count). The van der Waals surface area contributed by atoms with Crippen molar-refractivity contribution in [1.82, 2.24) is 9.55 Å². The maximum Gasteiger partial charge on any atom is 0.165 e. The third-order valence-electron chi connectivity index (χ3n) is 3.82. The zero-order chi connectivity index (χ0) is 18.2. The number of aromatic nitrogens is 2. The van der Waals surface area contributed by atoms with Gasteiger partial charge in [-0.1, -0.05) is 37.3 Å². The van der Waals surface area contributed by atoms with Gasteiger partial charge in [0, 0.05) is 25.1 Å². The van der Waals surface area contributed by atoms with Gasteiger partial charge in [0.15, 0.2) is 11.6 Å². The number of benzene rings is 1. The van der Waals surface area contributed by atoms with Gasteiger partial charge in [-0.05, 0) is 31.0 Å². The highest BCUT2D eigenvalue weighted by Crippen LogP contribution is 2.19. The number of imidazole rings is 1. The largest absolute Gasteiger partial charge is 0.505 e. The second-order valence-corrected chi connectivity index (χ2v) is 6.07. The number of halogens is 1. The summed E-state index contributed by atoms with van der Waals surface area (Å²) in [6, 6.07) is 4.34. The Kier molecular flexibility index (Phi) is 6.95. The molecule has 1 aromatic carbocycles. The van der Waals surface area contributed by atoms with E-state index in [9.17, 15) is 14.6 Å². The average molecular weight is 344 g/mol. The van der Waals surface area contributed by atoms with Crippen molar-refractivity contribution in [3.05, 3.63) is 71.6 Å². The molecule has 1 heterocycles. The van der Waals surface area contributed by atoms with Gasteiger partial charge in [-0.15, -0.1) is 0 Å². The van der Waals surface area contributed by atoms with Gasteiger partial charge in [-0.2, -0.15) is 0 Å². The molecule has 1 aromatic heterocycles. The molecule has 0 aliphatic heterocycles. The molecule has 0 aliphatic rings. The lowest BCUT2D eigenvalue weighted by Gasteiger charge is -2.12. The van der Waals surface area contributed by atoms with E-state index in [1.807, 2.05) is 22.8 Å². The maximum atomic E-state index is 13.5. The molecule has 2 aromatic rings. The molecule has 1 atom stereocenters. The molecule has 2 N–H and O–H groups in total. The van der Waals surface area contributed by atoms with Gasteiger partial charge in [0.2, 0.25) is 0 Å². The van der Waals surface area contributed by atoms with Crippen LogP contribution in [0.3, 0.4) is 0 Å². The highest BCUT2D eigenvalue weighted by atomic mass is 19.1. The fourth-order valence-electron chi connectivity index (χ4n) is 2.59. The minimum Gasteiger partial charge on any atom is -0.505 e.